The van der Waals surface area contributed by atoms with Crippen molar-refractivity contribution in [2.45, 2.75) is 32.2 Å². The van der Waals surface area contributed by atoms with E-state index in [0.29, 0.717) is 5.69 Å². The Morgan fingerprint density at radius 1 is 1.47 bits per heavy atom. The molecular formula is C14H22N4O. The van der Waals surface area contributed by atoms with Gasteiger partial charge in [-0.25, -0.2) is 0 Å². The fourth-order valence-electron chi connectivity index (χ4n) is 2.96. The van der Waals surface area contributed by atoms with E-state index in [0.717, 1.165) is 36.7 Å². The molecule has 0 radical (unpaired) electrons. The zero-order valence-corrected chi connectivity index (χ0v) is 11.8. The third-order valence-electron chi connectivity index (χ3n) is 4.36. The van der Waals surface area contributed by atoms with Gasteiger partial charge in [-0.3, -0.25) is 14.8 Å². The van der Waals surface area contributed by atoms with Crippen molar-refractivity contribution in [3.8, 4) is 0 Å². The van der Waals surface area contributed by atoms with Gasteiger partial charge in [0.1, 0.15) is 0 Å². The van der Waals surface area contributed by atoms with E-state index in [-0.39, 0.29) is 5.91 Å². The van der Waals surface area contributed by atoms with Crippen molar-refractivity contribution in [3.63, 3.8) is 0 Å². The van der Waals surface area contributed by atoms with Crippen LogP contribution in [0.2, 0.25) is 0 Å². The van der Waals surface area contributed by atoms with Crippen molar-refractivity contribution in [3.05, 3.63) is 17.0 Å². The Balaban J connectivity index is 1.70. The lowest BCUT2D eigenvalue weighted by Crippen LogP contribution is -2.37. The first kappa shape index (κ1) is 12.7. The Morgan fingerprint density at radius 3 is 2.89 bits per heavy atom. The van der Waals surface area contributed by atoms with Crippen molar-refractivity contribution in [2.24, 2.45) is 5.92 Å². The molecule has 19 heavy (non-hydrogen) atoms. The topological polar surface area (TPSA) is 52.2 Å². The second kappa shape index (κ2) is 4.96. The van der Waals surface area contributed by atoms with Gasteiger partial charge in [0.2, 0.25) is 0 Å². The predicted octanol–water partition coefficient (Wildman–Crippen LogP) is 1.27. The summed E-state index contributed by atoms with van der Waals surface area (Å²) in [6, 6.07) is 0. The number of rotatable bonds is 3. The van der Waals surface area contributed by atoms with Crippen LogP contribution in [0.5, 0.6) is 0 Å². The van der Waals surface area contributed by atoms with E-state index in [9.17, 15) is 4.79 Å². The molecule has 0 bridgehead atoms. The number of aromatic amines is 1. The summed E-state index contributed by atoms with van der Waals surface area (Å²) in [5, 5.41) is 7.29. The van der Waals surface area contributed by atoms with Gasteiger partial charge < -0.3 is 4.90 Å². The van der Waals surface area contributed by atoms with Gasteiger partial charge in [-0.15, -0.1) is 0 Å². The molecule has 0 aromatic carbocycles. The highest BCUT2D eigenvalue weighted by atomic mass is 16.2. The van der Waals surface area contributed by atoms with Gasteiger partial charge in [0, 0.05) is 39.3 Å². The first-order valence-electron chi connectivity index (χ1n) is 7.15. The third-order valence-corrected chi connectivity index (χ3v) is 4.36. The van der Waals surface area contributed by atoms with Gasteiger partial charge in [-0.05, 0) is 25.2 Å². The Bertz CT molecular complexity index is 476. The number of fused-ring (bicyclic) bond motifs is 1. The molecule has 1 saturated carbocycles. The Hall–Kier alpha value is -1.36. The maximum Gasteiger partial charge on any atom is 0.274 e. The fourth-order valence-corrected chi connectivity index (χ4v) is 2.96. The molecule has 0 atom stereocenters. The number of hydrogen-bond acceptors (Lipinski definition) is 3. The smallest absolute Gasteiger partial charge is 0.274 e. The molecule has 1 aliphatic heterocycles. The highest BCUT2D eigenvalue weighted by Gasteiger charge is 2.28. The highest BCUT2D eigenvalue weighted by Crippen LogP contribution is 2.29. The summed E-state index contributed by atoms with van der Waals surface area (Å²) in [5.74, 6) is 0.900. The summed E-state index contributed by atoms with van der Waals surface area (Å²) in [7, 11) is 3.55. The van der Waals surface area contributed by atoms with Crippen LogP contribution in [0.15, 0.2) is 0 Å². The van der Waals surface area contributed by atoms with E-state index < -0.39 is 0 Å². The average molecular weight is 262 g/mol. The highest BCUT2D eigenvalue weighted by molar-refractivity contribution is 5.93. The minimum Gasteiger partial charge on any atom is -0.343 e. The molecule has 2 heterocycles. The van der Waals surface area contributed by atoms with Crippen molar-refractivity contribution in [1.82, 2.24) is 20.0 Å². The van der Waals surface area contributed by atoms with Crippen LogP contribution in [0.4, 0.5) is 0 Å². The standard InChI is InChI=1S/C14H22N4O/c1-17(2)14(19)13-11-6-7-18(8-10-4-3-5-10)9-12(11)15-16-13/h10H,3-9H2,1-2H3,(H,15,16). The average Bonchev–Trinajstić information content (AvgIpc) is 2.75. The van der Waals surface area contributed by atoms with Crippen molar-refractivity contribution in [2.75, 3.05) is 27.2 Å². The molecular weight excluding hydrogens is 240 g/mol. The minimum atomic E-state index is 0.00458. The van der Waals surface area contributed by atoms with Crippen LogP contribution in [0, 0.1) is 5.92 Å². The van der Waals surface area contributed by atoms with Crippen LogP contribution in [0.25, 0.3) is 0 Å². The molecule has 1 N–H and O–H groups in total. The molecule has 0 spiro atoms. The lowest BCUT2D eigenvalue weighted by atomic mass is 9.84. The van der Waals surface area contributed by atoms with Crippen molar-refractivity contribution in [1.29, 1.82) is 0 Å². The molecule has 1 aromatic rings. The Morgan fingerprint density at radius 2 is 2.26 bits per heavy atom. The molecule has 1 amide bonds. The Kier molecular flexibility index (Phi) is 3.31. The maximum absolute atomic E-state index is 12.0. The lowest BCUT2D eigenvalue weighted by Gasteiger charge is -2.34. The monoisotopic (exact) mass is 262 g/mol. The molecule has 2 aliphatic rings. The molecule has 1 aromatic heterocycles. The number of carbonyl (C=O) groups excluding carboxylic acids is 1. The molecule has 104 valence electrons. The van der Waals surface area contributed by atoms with Gasteiger partial charge in [0.15, 0.2) is 5.69 Å². The molecule has 1 fully saturated rings. The fraction of sp³-hybridized carbons (Fsp3) is 0.714. The number of hydrogen-bond donors (Lipinski definition) is 1. The normalized spacial score (nSPS) is 19.9. The molecule has 3 rings (SSSR count). The second-order valence-corrected chi connectivity index (χ2v) is 6.01. The van der Waals surface area contributed by atoms with Crippen LogP contribution in [-0.2, 0) is 13.0 Å². The maximum atomic E-state index is 12.0. The van der Waals surface area contributed by atoms with E-state index in [1.165, 1.54) is 25.8 Å². The SMILES string of the molecule is CN(C)C(=O)c1n[nH]c2c1CCN(CC1CCC1)C2. The number of nitrogens with one attached hydrogen (secondary N) is 1. The summed E-state index contributed by atoms with van der Waals surface area (Å²) in [6.07, 6.45) is 5.11. The molecule has 5 heteroatoms. The number of aromatic nitrogens is 2. The molecule has 0 saturated heterocycles. The molecule has 5 nitrogen and oxygen atoms in total. The predicted molar refractivity (Wildman–Crippen MR) is 72.9 cm³/mol. The largest absolute Gasteiger partial charge is 0.343 e. The van der Waals surface area contributed by atoms with E-state index >= 15 is 0 Å². The number of nitrogens with zero attached hydrogens (tertiary/aromatic N) is 3. The lowest BCUT2D eigenvalue weighted by molar-refractivity contribution is 0.0820. The van der Waals surface area contributed by atoms with Crippen LogP contribution < -0.4 is 0 Å². The minimum absolute atomic E-state index is 0.00458. The quantitative estimate of drug-likeness (QED) is 0.892. The first-order chi connectivity index (χ1) is 9.15. The number of amides is 1. The van der Waals surface area contributed by atoms with Gasteiger partial charge >= 0.3 is 0 Å². The van der Waals surface area contributed by atoms with Crippen LogP contribution >= 0.6 is 0 Å². The zero-order chi connectivity index (χ0) is 13.4. The second-order valence-electron chi connectivity index (χ2n) is 6.01. The van der Waals surface area contributed by atoms with Crippen LogP contribution in [0.1, 0.15) is 41.0 Å². The van der Waals surface area contributed by atoms with Gasteiger partial charge in [0.05, 0.1) is 5.69 Å². The van der Waals surface area contributed by atoms with E-state index in [2.05, 4.69) is 15.1 Å². The summed E-state index contributed by atoms with van der Waals surface area (Å²) >= 11 is 0. The van der Waals surface area contributed by atoms with Crippen molar-refractivity contribution < 1.29 is 4.79 Å². The van der Waals surface area contributed by atoms with Gasteiger partial charge in [-0.2, -0.15) is 5.10 Å². The van der Waals surface area contributed by atoms with E-state index in [1.54, 1.807) is 19.0 Å². The van der Waals surface area contributed by atoms with Crippen molar-refractivity contribution >= 4 is 5.91 Å². The van der Waals surface area contributed by atoms with Gasteiger partial charge in [-0.1, -0.05) is 6.42 Å². The molecule has 0 unspecified atom stereocenters. The third kappa shape index (κ3) is 2.39. The first-order valence-corrected chi connectivity index (χ1v) is 7.15. The zero-order valence-electron chi connectivity index (χ0n) is 11.8. The molecule has 1 aliphatic carbocycles. The number of H-pyrrole nitrogens is 1. The van der Waals surface area contributed by atoms with Crippen LogP contribution in [0.3, 0.4) is 0 Å². The van der Waals surface area contributed by atoms with E-state index in [4.69, 9.17) is 0 Å². The summed E-state index contributed by atoms with van der Waals surface area (Å²) in [4.78, 5) is 16.1. The Labute approximate surface area is 114 Å². The number of carbonyl (C=O) groups is 1. The van der Waals surface area contributed by atoms with Gasteiger partial charge in [0.25, 0.3) is 5.91 Å². The summed E-state index contributed by atoms with van der Waals surface area (Å²) in [6.45, 7) is 3.17. The van der Waals surface area contributed by atoms with Crippen LogP contribution in [-0.4, -0.2) is 53.1 Å². The van der Waals surface area contributed by atoms with E-state index in [1.807, 2.05) is 0 Å². The summed E-state index contributed by atoms with van der Waals surface area (Å²) < 4.78 is 0. The summed E-state index contributed by atoms with van der Waals surface area (Å²) in [5.41, 5.74) is 2.88.